The van der Waals surface area contributed by atoms with Gasteiger partial charge in [-0.25, -0.2) is 4.79 Å². The number of aliphatic carboxylic acids is 1. The molecule has 16 heavy (non-hydrogen) atoms. The van der Waals surface area contributed by atoms with Crippen LogP contribution < -0.4 is 0 Å². The lowest BCUT2D eigenvalue weighted by molar-refractivity contribution is -0.131. The molecule has 1 heterocycles. The second kappa shape index (κ2) is 3.75. The number of aromatic nitrogens is 1. The van der Waals surface area contributed by atoms with Crippen LogP contribution in [0.4, 0.5) is 0 Å². The van der Waals surface area contributed by atoms with Gasteiger partial charge in [-0.1, -0.05) is 0 Å². The Morgan fingerprint density at radius 2 is 2.06 bits per heavy atom. The van der Waals surface area contributed by atoms with E-state index in [-0.39, 0.29) is 5.56 Å². The average molecular weight is 282 g/mol. The Labute approximate surface area is 99.6 Å². The first-order valence-electron chi connectivity index (χ1n) is 4.53. The number of carboxylic acid groups (broad SMARTS) is 1. The van der Waals surface area contributed by atoms with Gasteiger partial charge in [0.2, 0.25) is 0 Å². The maximum Gasteiger partial charge on any atom is 0.377 e. The van der Waals surface area contributed by atoms with Crippen LogP contribution in [0.5, 0.6) is 0 Å². The number of carbonyl (C=O) groups is 2. The van der Waals surface area contributed by atoms with Gasteiger partial charge in [0.1, 0.15) is 0 Å². The number of ketones is 1. The highest BCUT2D eigenvalue weighted by Gasteiger charge is 2.15. The van der Waals surface area contributed by atoms with Crippen LogP contribution in [0.2, 0.25) is 0 Å². The Kier molecular flexibility index (Phi) is 2.55. The second-order valence-electron chi connectivity index (χ2n) is 3.45. The highest BCUT2D eigenvalue weighted by Crippen LogP contribution is 2.26. The van der Waals surface area contributed by atoms with Crippen molar-refractivity contribution in [1.29, 1.82) is 0 Å². The molecule has 0 atom stereocenters. The maximum atomic E-state index is 11.3. The van der Waals surface area contributed by atoms with E-state index < -0.39 is 11.8 Å². The van der Waals surface area contributed by atoms with Crippen molar-refractivity contribution >= 4 is 38.6 Å². The SMILES string of the molecule is Cn1cc(Br)c2cc(C(=O)C(=O)O)ccc21. The Balaban J connectivity index is 2.64. The van der Waals surface area contributed by atoms with Crippen molar-refractivity contribution in [2.24, 2.45) is 7.05 Å². The van der Waals surface area contributed by atoms with Crippen LogP contribution in [-0.2, 0) is 11.8 Å². The van der Waals surface area contributed by atoms with Crippen molar-refractivity contribution in [2.75, 3.05) is 0 Å². The molecule has 0 aliphatic carbocycles. The van der Waals surface area contributed by atoms with Crippen LogP contribution in [0.25, 0.3) is 10.9 Å². The summed E-state index contributed by atoms with van der Waals surface area (Å²) in [5.74, 6) is -2.33. The summed E-state index contributed by atoms with van der Waals surface area (Å²) in [4.78, 5) is 21.8. The van der Waals surface area contributed by atoms with Crippen LogP contribution in [0.15, 0.2) is 28.9 Å². The molecule has 1 aromatic heterocycles. The third kappa shape index (κ3) is 1.63. The summed E-state index contributed by atoms with van der Waals surface area (Å²) < 4.78 is 2.74. The number of fused-ring (bicyclic) bond motifs is 1. The summed E-state index contributed by atoms with van der Waals surface area (Å²) in [5.41, 5.74) is 1.13. The number of aryl methyl sites for hydroxylation is 1. The molecule has 82 valence electrons. The molecule has 0 unspecified atom stereocenters. The monoisotopic (exact) mass is 281 g/mol. The molecule has 0 aliphatic rings. The maximum absolute atomic E-state index is 11.3. The van der Waals surface area contributed by atoms with Crippen LogP contribution in [-0.4, -0.2) is 21.4 Å². The molecule has 0 spiro atoms. The fourth-order valence-electron chi connectivity index (χ4n) is 1.61. The lowest BCUT2D eigenvalue weighted by Gasteiger charge is -1.98. The quantitative estimate of drug-likeness (QED) is 0.678. The second-order valence-corrected chi connectivity index (χ2v) is 4.31. The number of Topliss-reactive ketones (excluding diaryl/α,β-unsaturated/α-hetero) is 1. The highest BCUT2D eigenvalue weighted by molar-refractivity contribution is 9.10. The summed E-state index contributed by atoms with van der Waals surface area (Å²) in [7, 11) is 1.88. The zero-order chi connectivity index (χ0) is 11.9. The van der Waals surface area contributed by atoms with Gasteiger partial charge in [0.15, 0.2) is 0 Å². The number of carbonyl (C=O) groups excluding carboxylic acids is 1. The first-order valence-corrected chi connectivity index (χ1v) is 5.32. The van der Waals surface area contributed by atoms with Gasteiger partial charge in [-0.05, 0) is 34.1 Å². The summed E-state index contributed by atoms with van der Waals surface area (Å²) in [5, 5.41) is 9.44. The predicted octanol–water partition coefficient (Wildman–Crippen LogP) is 2.21. The van der Waals surface area contributed by atoms with Crippen LogP contribution >= 0.6 is 15.9 Å². The zero-order valence-corrected chi connectivity index (χ0v) is 9.98. The van der Waals surface area contributed by atoms with Crippen molar-refractivity contribution in [3.8, 4) is 0 Å². The molecule has 2 aromatic rings. The number of hydrogen-bond donors (Lipinski definition) is 1. The average Bonchev–Trinajstić information content (AvgIpc) is 2.53. The minimum absolute atomic E-state index is 0.187. The number of nitrogens with zero attached hydrogens (tertiary/aromatic N) is 1. The van der Waals surface area contributed by atoms with E-state index in [0.717, 1.165) is 15.4 Å². The number of hydrogen-bond acceptors (Lipinski definition) is 2. The summed E-state index contributed by atoms with van der Waals surface area (Å²) in [6, 6.07) is 4.83. The van der Waals surface area contributed by atoms with E-state index in [0.29, 0.717) is 0 Å². The molecule has 0 saturated heterocycles. The van der Waals surface area contributed by atoms with Gasteiger partial charge >= 0.3 is 5.97 Å². The predicted molar refractivity (Wildman–Crippen MR) is 62.6 cm³/mol. The van der Waals surface area contributed by atoms with Crippen molar-refractivity contribution < 1.29 is 14.7 Å². The van der Waals surface area contributed by atoms with E-state index in [1.807, 2.05) is 17.8 Å². The number of benzene rings is 1. The Morgan fingerprint density at radius 3 is 2.69 bits per heavy atom. The van der Waals surface area contributed by atoms with Gasteiger partial charge in [-0.3, -0.25) is 4.79 Å². The summed E-state index contributed by atoms with van der Waals surface area (Å²) >= 11 is 3.36. The lowest BCUT2D eigenvalue weighted by Crippen LogP contribution is -2.12. The van der Waals surface area contributed by atoms with Gasteiger partial charge in [0.25, 0.3) is 5.78 Å². The molecular formula is C11H8BrNO3. The molecular weight excluding hydrogens is 274 g/mol. The van der Waals surface area contributed by atoms with Gasteiger partial charge < -0.3 is 9.67 Å². The molecule has 0 radical (unpaired) electrons. The van der Waals surface area contributed by atoms with Crippen molar-refractivity contribution in [2.45, 2.75) is 0 Å². The summed E-state index contributed by atoms with van der Waals surface area (Å²) in [6.45, 7) is 0. The van der Waals surface area contributed by atoms with E-state index in [1.165, 1.54) is 6.07 Å². The minimum atomic E-state index is -1.44. The molecule has 2 rings (SSSR count). The van der Waals surface area contributed by atoms with Gasteiger partial charge in [-0.15, -0.1) is 0 Å². The first kappa shape index (κ1) is 10.9. The number of carboxylic acids is 1. The van der Waals surface area contributed by atoms with Crippen LogP contribution in [0, 0.1) is 0 Å². The zero-order valence-electron chi connectivity index (χ0n) is 8.40. The smallest absolute Gasteiger partial charge is 0.377 e. The number of rotatable bonds is 2. The van der Waals surface area contributed by atoms with Crippen molar-refractivity contribution in [3.05, 3.63) is 34.4 Å². The molecule has 5 heteroatoms. The lowest BCUT2D eigenvalue weighted by atomic mass is 10.1. The molecule has 0 fully saturated rings. The fourth-order valence-corrected chi connectivity index (χ4v) is 2.23. The largest absolute Gasteiger partial charge is 0.475 e. The van der Waals surface area contributed by atoms with Crippen molar-refractivity contribution in [1.82, 2.24) is 4.57 Å². The fraction of sp³-hybridized carbons (Fsp3) is 0.0909. The van der Waals surface area contributed by atoms with E-state index in [4.69, 9.17) is 5.11 Å². The molecule has 0 aliphatic heterocycles. The standard InChI is InChI=1S/C11H8BrNO3/c1-13-5-8(12)7-4-6(2-3-9(7)13)10(14)11(15)16/h2-5H,1H3,(H,15,16). The molecule has 4 nitrogen and oxygen atoms in total. The minimum Gasteiger partial charge on any atom is -0.475 e. The Hall–Kier alpha value is -1.62. The van der Waals surface area contributed by atoms with E-state index >= 15 is 0 Å². The highest BCUT2D eigenvalue weighted by atomic mass is 79.9. The summed E-state index contributed by atoms with van der Waals surface area (Å²) in [6.07, 6.45) is 1.86. The molecule has 0 saturated carbocycles. The molecule has 1 N–H and O–H groups in total. The van der Waals surface area contributed by atoms with Crippen LogP contribution in [0.3, 0.4) is 0 Å². The third-order valence-corrected chi connectivity index (χ3v) is 3.03. The third-order valence-electron chi connectivity index (χ3n) is 2.40. The van der Waals surface area contributed by atoms with Gasteiger partial charge in [0.05, 0.1) is 0 Å². The Bertz CT molecular complexity index is 601. The molecule has 1 aromatic carbocycles. The molecule has 0 amide bonds. The topological polar surface area (TPSA) is 59.3 Å². The van der Waals surface area contributed by atoms with Gasteiger partial charge in [-0.2, -0.15) is 0 Å². The normalized spacial score (nSPS) is 10.6. The number of halogens is 1. The van der Waals surface area contributed by atoms with E-state index in [9.17, 15) is 9.59 Å². The van der Waals surface area contributed by atoms with E-state index in [1.54, 1.807) is 12.1 Å². The van der Waals surface area contributed by atoms with Gasteiger partial charge in [0, 0.05) is 34.2 Å². The first-order chi connectivity index (χ1) is 7.50. The van der Waals surface area contributed by atoms with E-state index in [2.05, 4.69) is 15.9 Å². The van der Waals surface area contributed by atoms with Crippen LogP contribution in [0.1, 0.15) is 10.4 Å². The Morgan fingerprint density at radius 1 is 1.38 bits per heavy atom. The van der Waals surface area contributed by atoms with Crippen molar-refractivity contribution in [3.63, 3.8) is 0 Å². The molecule has 0 bridgehead atoms.